The second-order valence-corrected chi connectivity index (χ2v) is 22.9. The number of aryl methyl sites for hydroxylation is 1. The van der Waals surface area contributed by atoms with E-state index in [1.54, 1.807) is 17.4 Å². The van der Waals surface area contributed by atoms with Crippen molar-refractivity contribution in [2.45, 2.75) is 90.3 Å². The van der Waals surface area contributed by atoms with E-state index in [2.05, 4.69) is 155 Å². The zero-order valence-corrected chi connectivity index (χ0v) is 46.1. The van der Waals surface area contributed by atoms with Gasteiger partial charge in [0.15, 0.2) is 5.13 Å². The van der Waals surface area contributed by atoms with E-state index in [9.17, 15) is 0 Å². The predicted octanol–water partition coefficient (Wildman–Crippen LogP) is 13.0. The number of piperazine rings is 1. The molecule has 3 saturated heterocycles. The number of benzene rings is 4. The Hall–Kier alpha value is -7.21. The number of anilines is 3. The molecular formula is C66H74FN9S. The number of pyridine rings is 1. The first kappa shape index (κ1) is 51.9. The third kappa shape index (κ3) is 10.4. The molecule has 2 atom stereocenters. The average Bonchev–Trinajstić information content (AvgIpc) is 4.10. The molecule has 7 heterocycles. The molecule has 0 bridgehead atoms. The number of likely N-dealkylation sites (tertiary alicyclic amines) is 1. The Morgan fingerprint density at radius 3 is 2.35 bits per heavy atom. The average molecular weight is 1040 g/mol. The Morgan fingerprint density at radius 2 is 1.58 bits per heavy atom. The fourth-order valence-corrected chi connectivity index (χ4v) is 13.7. The smallest absolute Gasteiger partial charge is 0.188 e. The summed E-state index contributed by atoms with van der Waals surface area (Å²) < 4.78 is 19.2. The van der Waals surface area contributed by atoms with Gasteiger partial charge in [-0.15, -0.1) is 0 Å². The van der Waals surface area contributed by atoms with Crippen LogP contribution in [0.3, 0.4) is 0 Å². The van der Waals surface area contributed by atoms with E-state index in [1.165, 1.54) is 65.6 Å². The molecule has 7 aromatic rings. The van der Waals surface area contributed by atoms with Crippen LogP contribution in [0.15, 0.2) is 135 Å². The minimum absolute atomic E-state index is 0.00359. The largest absolute Gasteiger partial charge is 0.370 e. The quantitative estimate of drug-likeness (QED) is 0.0928. The van der Waals surface area contributed by atoms with Gasteiger partial charge >= 0.3 is 0 Å². The first-order chi connectivity index (χ1) is 37.3. The molecule has 0 amide bonds. The van der Waals surface area contributed by atoms with Crippen LogP contribution in [0.1, 0.15) is 91.4 Å². The van der Waals surface area contributed by atoms with Gasteiger partial charge in [0.05, 0.1) is 27.6 Å². The number of unbranched alkanes of at least 4 members (excludes halogenated alkanes) is 1. The summed E-state index contributed by atoms with van der Waals surface area (Å²) in [6.45, 7) is 42.0. The summed E-state index contributed by atoms with van der Waals surface area (Å²) in [4.78, 5) is 19.7. The highest BCUT2D eigenvalue weighted by molar-refractivity contribution is 7.22. The van der Waals surface area contributed by atoms with Crippen LogP contribution in [-0.4, -0.2) is 76.2 Å². The van der Waals surface area contributed by atoms with Gasteiger partial charge in [-0.3, -0.25) is 4.90 Å². The van der Waals surface area contributed by atoms with Crippen LogP contribution in [0.2, 0.25) is 0 Å². The molecule has 3 fully saturated rings. The lowest BCUT2D eigenvalue weighted by atomic mass is 9.89. The molecule has 4 aliphatic rings. The molecule has 0 radical (unpaired) electrons. The highest BCUT2D eigenvalue weighted by Crippen LogP contribution is 2.37. The van der Waals surface area contributed by atoms with Crippen LogP contribution in [0, 0.1) is 18.7 Å². The highest BCUT2D eigenvalue weighted by Gasteiger charge is 2.30. The van der Waals surface area contributed by atoms with Gasteiger partial charge in [0, 0.05) is 101 Å². The fourth-order valence-electron chi connectivity index (χ4n) is 12.8. The lowest BCUT2D eigenvalue weighted by Gasteiger charge is -2.43. The van der Waals surface area contributed by atoms with Crippen molar-refractivity contribution < 1.29 is 4.39 Å². The van der Waals surface area contributed by atoms with E-state index in [-0.39, 0.29) is 17.9 Å². The molecule has 77 heavy (non-hydrogen) atoms. The molecule has 11 heteroatoms. The van der Waals surface area contributed by atoms with Crippen molar-refractivity contribution in [2.24, 2.45) is 5.92 Å². The van der Waals surface area contributed by atoms with E-state index >= 15 is 4.39 Å². The third-order valence-corrected chi connectivity index (χ3v) is 18.3. The number of nitrogens with zero attached hydrogens (tertiary/aromatic N) is 7. The van der Waals surface area contributed by atoms with Crippen molar-refractivity contribution in [3.63, 3.8) is 0 Å². The van der Waals surface area contributed by atoms with Crippen molar-refractivity contribution in [1.82, 2.24) is 29.7 Å². The maximum atomic E-state index is 15.9. The standard InChI is InChI=1S/C66H74FN9S/c1-10-60-55(26-28-65(70-60)75-34-31-52-20-16-22-54(58(52)41-75)44(4)69-66-71-61-23-13-14-24-64(61)77-66)53-21-15-19-51(43(53)3)18-12-11-17-50-29-32-72(33-30-50)46(6)47(7)73-35-37-74(38-36-73)63-40-57-49(9)76(48(8)56(57)39-59(63)67)62-27-25-42(2)68-45(62)5/h10,13-16,19-24,26,28,39-40,46,50,62,68H,1-2,4-5,7-9,11-12,17-18,25,27,29-38,41H2,3,6H3,(H,69,71). The van der Waals surface area contributed by atoms with Gasteiger partial charge in [-0.2, -0.15) is 0 Å². The van der Waals surface area contributed by atoms with Gasteiger partial charge in [0.2, 0.25) is 0 Å². The van der Waals surface area contributed by atoms with Crippen molar-refractivity contribution in [2.75, 3.05) is 60.9 Å². The Balaban J connectivity index is 0.647. The van der Waals surface area contributed by atoms with Crippen molar-refractivity contribution in [3.05, 3.63) is 185 Å². The monoisotopic (exact) mass is 1040 g/mol. The SMILES string of the molecule is C=Cc1nc(N2CCc3cccc(C(=C)Nc4nc5ccccc5s4)c3C2)ccc1-c1cccc(CCCCC2CCN(C(C)C(=C)N3CCN(c4cc5c(=C)n(C6CCC(=C)NC6=C)c(=C)c5cc4F)CC3)CC2)c1C. The second kappa shape index (κ2) is 22.0. The molecule has 0 aliphatic carbocycles. The van der Waals surface area contributed by atoms with Gasteiger partial charge in [-0.1, -0.05) is 119 Å². The van der Waals surface area contributed by atoms with Gasteiger partial charge in [0.1, 0.15) is 11.6 Å². The summed E-state index contributed by atoms with van der Waals surface area (Å²) in [5, 5.41) is 11.1. The summed E-state index contributed by atoms with van der Waals surface area (Å²) in [6, 6.07) is 29.9. The summed E-state index contributed by atoms with van der Waals surface area (Å²) in [5.74, 6) is 1.50. The molecule has 4 aromatic carbocycles. The zero-order valence-electron chi connectivity index (χ0n) is 45.3. The summed E-state index contributed by atoms with van der Waals surface area (Å²) in [6.07, 6.45) is 11.8. The van der Waals surface area contributed by atoms with E-state index in [4.69, 9.17) is 9.97 Å². The number of rotatable bonds is 16. The molecule has 9 nitrogen and oxygen atoms in total. The molecule has 4 aliphatic heterocycles. The van der Waals surface area contributed by atoms with E-state index in [0.717, 1.165) is 161 Å². The van der Waals surface area contributed by atoms with Crippen LogP contribution in [0.5, 0.6) is 0 Å². The van der Waals surface area contributed by atoms with Gasteiger partial charge in [-0.05, 0) is 148 Å². The van der Waals surface area contributed by atoms with Crippen molar-refractivity contribution in [1.29, 1.82) is 0 Å². The van der Waals surface area contributed by atoms with E-state index in [0.29, 0.717) is 5.69 Å². The molecule has 0 spiro atoms. The lowest BCUT2D eigenvalue weighted by Crippen LogP contribution is -2.50. The zero-order chi connectivity index (χ0) is 53.5. The van der Waals surface area contributed by atoms with Crippen LogP contribution in [0.4, 0.5) is 21.0 Å². The Labute approximate surface area is 458 Å². The summed E-state index contributed by atoms with van der Waals surface area (Å²) in [5.41, 5.74) is 15.3. The molecule has 0 saturated carbocycles. The molecule has 3 aromatic heterocycles. The normalized spacial score (nSPS) is 17.9. The topological polar surface area (TPSA) is 67.7 Å². The number of fused-ring (bicyclic) bond motifs is 3. The number of piperidine rings is 2. The first-order valence-electron chi connectivity index (χ1n) is 27.8. The molecule has 2 N–H and O–H groups in total. The number of hydrogen-bond donors (Lipinski definition) is 2. The number of para-hydroxylation sites is 1. The number of aromatic nitrogens is 3. The second-order valence-electron chi connectivity index (χ2n) is 21.9. The predicted molar refractivity (Wildman–Crippen MR) is 324 cm³/mol. The van der Waals surface area contributed by atoms with Crippen LogP contribution in [-0.2, 0) is 19.4 Å². The number of nitrogens with one attached hydrogen (secondary N) is 2. The molecule has 11 rings (SSSR count). The minimum Gasteiger partial charge on any atom is -0.370 e. The third-order valence-electron chi connectivity index (χ3n) is 17.4. The number of halogens is 1. The molecular weight excluding hydrogens is 970 g/mol. The Bertz CT molecular complexity index is 3520. The maximum Gasteiger partial charge on any atom is 0.188 e. The lowest BCUT2D eigenvalue weighted by molar-refractivity contribution is 0.131. The number of thiazole rings is 1. The van der Waals surface area contributed by atoms with Crippen molar-refractivity contribution in [3.8, 4) is 11.1 Å². The Morgan fingerprint density at radius 1 is 0.818 bits per heavy atom. The number of hydrogen-bond acceptors (Lipinski definition) is 9. The maximum absolute atomic E-state index is 15.9. The van der Waals surface area contributed by atoms with E-state index < -0.39 is 0 Å². The first-order valence-corrected chi connectivity index (χ1v) is 28.6. The summed E-state index contributed by atoms with van der Waals surface area (Å²) >= 11 is 1.65. The van der Waals surface area contributed by atoms with Crippen LogP contribution >= 0.6 is 11.3 Å². The highest BCUT2D eigenvalue weighted by atomic mass is 32.1. The van der Waals surface area contributed by atoms with Crippen LogP contribution < -0.4 is 31.1 Å². The van der Waals surface area contributed by atoms with Crippen molar-refractivity contribution >= 4 is 73.9 Å². The van der Waals surface area contributed by atoms with Crippen LogP contribution in [0.25, 0.3) is 57.0 Å². The fraction of sp³-hybridized carbons (Fsp3) is 0.333. The molecule has 396 valence electrons. The van der Waals surface area contributed by atoms with Gasteiger partial charge < -0.3 is 29.9 Å². The number of allylic oxidation sites excluding steroid dienone is 2. The minimum atomic E-state index is -0.215. The van der Waals surface area contributed by atoms with E-state index in [1.807, 2.05) is 24.3 Å². The van der Waals surface area contributed by atoms with Gasteiger partial charge in [-0.25, -0.2) is 14.4 Å². The molecule has 2 unspecified atom stereocenters. The summed E-state index contributed by atoms with van der Waals surface area (Å²) in [7, 11) is 0. The van der Waals surface area contributed by atoms with Gasteiger partial charge in [0.25, 0.3) is 0 Å². The Kier molecular flexibility index (Phi) is 14.8.